The maximum Gasteiger partial charge on any atom is 0.251 e. The monoisotopic (exact) mass is 619 g/mol. The number of hydrogen-bond acceptors (Lipinski definition) is 7. The highest BCUT2D eigenvalue weighted by atomic mass is 35.5. The highest BCUT2D eigenvalue weighted by Gasteiger charge is 2.21. The molecule has 0 aliphatic carbocycles. The number of anilines is 2. The Labute approximate surface area is 260 Å². The van der Waals surface area contributed by atoms with Gasteiger partial charge in [-0.15, -0.1) is 0 Å². The van der Waals surface area contributed by atoms with E-state index in [-0.39, 0.29) is 29.2 Å². The van der Waals surface area contributed by atoms with Crippen LogP contribution in [0.3, 0.4) is 0 Å². The van der Waals surface area contributed by atoms with Gasteiger partial charge in [0.05, 0.1) is 17.6 Å². The van der Waals surface area contributed by atoms with Crippen LogP contribution in [0, 0.1) is 5.82 Å². The quantitative estimate of drug-likeness (QED) is 0.136. The molecule has 0 aliphatic rings. The molecule has 0 fully saturated rings. The van der Waals surface area contributed by atoms with Gasteiger partial charge in [-0.3, -0.25) is 9.59 Å². The normalized spacial score (nSPS) is 11.5. The first-order valence-corrected chi connectivity index (χ1v) is 14.8. The van der Waals surface area contributed by atoms with Gasteiger partial charge in [-0.25, -0.2) is 14.4 Å². The van der Waals surface area contributed by atoms with E-state index in [1.54, 1.807) is 50.4 Å². The number of aromatic nitrogens is 2. The number of fused-ring (bicyclic) bond motifs is 1. The average Bonchev–Trinajstić information content (AvgIpc) is 3.02. The summed E-state index contributed by atoms with van der Waals surface area (Å²) in [6, 6.07) is 16.0. The zero-order valence-electron chi connectivity index (χ0n) is 24.7. The van der Waals surface area contributed by atoms with Crippen LogP contribution in [0.2, 0.25) is 5.02 Å². The minimum atomic E-state index is -0.731. The molecule has 0 radical (unpaired) electrons. The van der Waals surface area contributed by atoms with Crippen molar-refractivity contribution in [3.8, 4) is 5.75 Å². The maximum atomic E-state index is 13.6. The number of Topliss-reactive ketones (excluding diaryl/α,β-unsaturated/α-hetero) is 1. The third-order valence-corrected chi connectivity index (χ3v) is 7.38. The lowest BCUT2D eigenvalue weighted by Gasteiger charge is -2.19. The highest BCUT2D eigenvalue weighted by Crippen LogP contribution is 2.31. The number of ether oxygens (including phenoxy) is 1. The summed E-state index contributed by atoms with van der Waals surface area (Å²) in [7, 11) is 1.56. The van der Waals surface area contributed by atoms with Gasteiger partial charge in [-0.2, -0.15) is 0 Å². The molecule has 0 unspecified atom stereocenters. The number of halogens is 2. The van der Waals surface area contributed by atoms with Crippen molar-refractivity contribution in [3.63, 3.8) is 0 Å². The summed E-state index contributed by atoms with van der Waals surface area (Å²) in [6.07, 6.45) is 5.00. The van der Waals surface area contributed by atoms with Crippen LogP contribution in [0.5, 0.6) is 5.75 Å². The van der Waals surface area contributed by atoms with Gasteiger partial charge in [0.2, 0.25) is 5.91 Å². The molecule has 1 atom stereocenters. The molecule has 230 valence electrons. The number of hydrogen-bond donors (Lipinski definition) is 3. The molecule has 44 heavy (non-hydrogen) atoms. The number of carbonyl (C=O) groups excluding carboxylic acids is 3. The van der Waals surface area contributed by atoms with Gasteiger partial charge in [0, 0.05) is 35.7 Å². The van der Waals surface area contributed by atoms with Gasteiger partial charge < -0.3 is 25.5 Å². The predicted molar refractivity (Wildman–Crippen MR) is 169 cm³/mol. The molecule has 2 amide bonds. The van der Waals surface area contributed by atoms with Crippen molar-refractivity contribution in [2.24, 2.45) is 0 Å². The molecule has 9 nitrogen and oxygen atoms in total. The van der Waals surface area contributed by atoms with E-state index in [1.807, 2.05) is 12.1 Å². The first-order chi connectivity index (χ1) is 21.2. The van der Waals surface area contributed by atoms with Gasteiger partial charge in [-0.05, 0) is 68.1 Å². The fourth-order valence-corrected chi connectivity index (χ4v) is 4.95. The number of carbonyl (C=O) groups is 3. The van der Waals surface area contributed by atoms with Crippen LogP contribution in [-0.4, -0.2) is 47.3 Å². The molecule has 3 N–H and O–H groups in total. The van der Waals surface area contributed by atoms with E-state index < -0.39 is 11.9 Å². The standard InChI is InChI=1S/C33H35ClFN5O4/c1-21(41)9-5-3-8-12-28(40-32(42)22-10-6-4-7-11-22)33(43)36-16-15-23-17-25-29(19-30(23)44-2)37-20-38-31(25)39-24-13-14-27(35)26(34)18-24/h4,6-7,10-11,13-14,17-20,28H,3,5,8-9,12,15-16H2,1-2H3,(H,36,43)(H,40,42)(H,37,38,39)/t28-/m0/s1. The lowest BCUT2D eigenvalue weighted by molar-refractivity contribution is -0.123. The Morgan fingerprint density at radius 3 is 2.52 bits per heavy atom. The third-order valence-electron chi connectivity index (χ3n) is 7.09. The van der Waals surface area contributed by atoms with Gasteiger partial charge in [0.1, 0.15) is 35.5 Å². The fraction of sp³-hybridized carbons (Fsp3) is 0.303. The van der Waals surface area contributed by atoms with Gasteiger partial charge in [0.15, 0.2) is 0 Å². The van der Waals surface area contributed by atoms with E-state index in [2.05, 4.69) is 25.9 Å². The summed E-state index contributed by atoms with van der Waals surface area (Å²) in [4.78, 5) is 46.1. The summed E-state index contributed by atoms with van der Waals surface area (Å²) in [5, 5.41) is 9.67. The van der Waals surface area contributed by atoms with Crippen molar-refractivity contribution < 1.29 is 23.5 Å². The Morgan fingerprint density at radius 2 is 1.80 bits per heavy atom. The topological polar surface area (TPSA) is 122 Å². The minimum Gasteiger partial charge on any atom is -0.496 e. The van der Waals surface area contributed by atoms with Crippen LogP contribution in [0.25, 0.3) is 10.9 Å². The van der Waals surface area contributed by atoms with Crippen molar-refractivity contribution >= 4 is 51.6 Å². The first kappa shape index (κ1) is 32.3. The van der Waals surface area contributed by atoms with E-state index in [1.165, 1.54) is 18.5 Å². The molecule has 1 aromatic heterocycles. The lowest BCUT2D eigenvalue weighted by Crippen LogP contribution is -2.47. The number of unbranched alkanes of at least 4 members (excludes halogenated alkanes) is 2. The molecule has 1 heterocycles. The van der Waals surface area contributed by atoms with Crippen molar-refractivity contribution in [1.29, 1.82) is 0 Å². The molecular formula is C33H35ClFN5O4. The summed E-state index contributed by atoms with van der Waals surface area (Å²) < 4.78 is 19.3. The fourth-order valence-electron chi connectivity index (χ4n) is 4.77. The Morgan fingerprint density at radius 1 is 1.00 bits per heavy atom. The van der Waals surface area contributed by atoms with Gasteiger partial charge >= 0.3 is 0 Å². The van der Waals surface area contributed by atoms with Crippen molar-refractivity contribution in [2.45, 2.75) is 51.5 Å². The van der Waals surface area contributed by atoms with Crippen LogP contribution < -0.4 is 20.7 Å². The van der Waals surface area contributed by atoms with E-state index in [0.29, 0.717) is 59.4 Å². The maximum absolute atomic E-state index is 13.6. The SMILES string of the molecule is COc1cc2ncnc(Nc3ccc(F)c(Cl)c3)c2cc1CCNC(=O)[C@H](CCCCCC(C)=O)NC(=O)c1ccccc1. The van der Waals surface area contributed by atoms with E-state index in [9.17, 15) is 18.8 Å². The first-order valence-electron chi connectivity index (χ1n) is 14.4. The number of ketones is 1. The molecule has 11 heteroatoms. The zero-order valence-corrected chi connectivity index (χ0v) is 25.4. The van der Waals surface area contributed by atoms with Crippen LogP contribution in [0.4, 0.5) is 15.9 Å². The Hall–Kier alpha value is -4.57. The molecule has 4 aromatic rings. The Bertz CT molecular complexity index is 1620. The molecular weight excluding hydrogens is 585 g/mol. The largest absolute Gasteiger partial charge is 0.496 e. The van der Waals surface area contributed by atoms with Crippen LogP contribution in [0.1, 0.15) is 54.9 Å². The lowest BCUT2D eigenvalue weighted by atomic mass is 10.0. The summed E-state index contributed by atoms with van der Waals surface area (Å²) >= 11 is 5.95. The second kappa shape index (κ2) is 15.8. The van der Waals surface area contributed by atoms with Gasteiger partial charge in [0.25, 0.3) is 5.91 Å². The summed E-state index contributed by atoms with van der Waals surface area (Å²) in [5.41, 5.74) is 2.47. The van der Waals surface area contributed by atoms with Crippen molar-refractivity contribution in [1.82, 2.24) is 20.6 Å². The smallest absolute Gasteiger partial charge is 0.251 e. The Balaban J connectivity index is 1.45. The van der Waals surface area contributed by atoms with Crippen LogP contribution in [0.15, 0.2) is 67.0 Å². The summed E-state index contributed by atoms with van der Waals surface area (Å²) in [5.74, 6) is 0.0936. The number of benzene rings is 3. The van der Waals surface area contributed by atoms with E-state index in [4.69, 9.17) is 16.3 Å². The third kappa shape index (κ3) is 8.97. The van der Waals surface area contributed by atoms with Crippen LogP contribution >= 0.6 is 11.6 Å². The predicted octanol–water partition coefficient (Wildman–Crippen LogP) is 6.17. The number of amides is 2. The molecule has 4 rings (SSSR count). The number of nitrogens with zero attached hydrogens (tertiary/aromatic N) is 2. The van der Waals surface area contributed by atoms with Crippen LogP contribution in [-0.2, 0) is 16.0 Å². The Kier molecular flexibility index (Phi) is 11.6. The zero-order chi connectivity index (χ0) is 31.5. The minimum absolute atomic E-state index is 0.0132. The second-order valence-corrected chi connectivity index (χ2v) is 10.8. The highest BCUT2D eigenvalue weighted by molar-refractivity contribution is 6.31. The average molecular weight is 620 g/mol. The molecule has 3 aromatic carbocycles. The summed E-state index contributed by atoms with van der Waals surface area (Å²) in [6.45, 7) is 1.85. The molecule has 0 saturated heterocycles. The van der Waals surface area contributed by atoms with Crippen molar-refractivity contribution in [3.05, 3.63) is 89.0 Å². The number of methoxy groups -OCH3 is 1. The van der Waals surface area contributed by atoms with Crippen molar-refractivity contribution in [2.75, 3.05) is 19.0 Å². The molecule has 0 bridgehead atoms. The number of nitrogens with one attached hydrogen (secondary N) is 3. The van der Waals surface area contributed by atoms with E-state index >= 15 is 0 Å². The molecule has 0 spiro atoms. The second-order valence-electron chi connectivity index (χ2n) is 10.4. The molecule has 0 aliphatic heterocycles. The van der Waals surface area contributed by atoms with E-state index in [0.717, 1.165) is 18.4 Å². The molecule has 0 saturated carbocycles. The number of rotatable bonds is 15. The van der Waals surface area contributed by atoms with Gasteiger partial charge in [-0.1, -0.05) is 42.6 Å².